The minimum Gasteiger partial charge on any atom is -0.337 e. The first-order chi connectivity index (χ1) is 10.4. The smallest absolute Gasteiger partial charge is 0.321 e. The van der Waals surface area contributed by atoms with E-state index in [1.54, 1.807) is 35.9 Å². The average molecular weight is 305 g/mol. The Morgan fingerprint density at radius 2 is 2.23 bits per heavy atom. The Labute approximate surface area is 129 Å². The second kappa shape index (κ2) is 6.60. The van der Waals surface area contributed by atoms with Crippen LogP contribution in [0, 0.1) is 12.7 Å². The van der Waals surface area contributed by atoms with Gasteiger partial charge in [-0.3, -0.25) is 4.79 Å². The van der Waals surface area contributed by atoms with Crippen LogP contribution in [0.5, 0.6) is 0 Å². The number of rotatable bonds is 3. The van der Waals surface area contributed by atoms with Gasteiger partial charge in [0.2, 0.25) is 5.91 Å². The molecule has 1 aromatic carbocycles. The van der Waals surface area contributed by atoms with E-state index in [-0.39, 0.29) is 23.8 Å². The summed E-state index contributed by atoms with van der Waals surface area (Å²) in [7, 11) is 1.68. The minimum absolute atomic E-state index is 0.0576. The fraction of sp³-hybridized carbons (Fsp3) is 0.375. The van der Waals surface area contributed by atoms with E-state index in [0.717, 1.165) is 0 Å². The Morgan fingerprint density at radius 1 is 1.50 bits per heavy atom. The molecule has 1 atom stereocenters. The van der Waals surface area contributed by atoms with Crippen molar-refractivity contribution in [2.75, 3.05) is 25.5 Å². The molecule has 0 bridgehead atoms. The Kier molecular flexibility index (Phi) is 4.80. The van der Waals surface area contributed by atoms with Crippen LogP contribution in [-0.2, 0) is 4.79 Å². The van der Waals surface area contributed by atoms with E-state index < -0.39 is 0 Å². The van der Waals surface area contributed by atoms with Gasteiger partial charge in [0.25, 0.3) is 0 Å². The molecule has 1 saturated heterocycles. The molecule has 1 fully saturated rings. The normalized spacial score (nSPS) is 17.2. The highest BCUT2D eigenvalue weighted by Gasteiger charge is 2.30. The topological polar surface area (TPSA) is 52.7 Å². The number of amides is 3. The van der Waals surface area contributed by atoms with E-state index >= 15 is 0 Å². The predicted octanol–water partition coefficient (Wildman–Crippen LogP) is 2.38. The molecule has 1 aromatic rings. The van der Waals surface area contributed by atoms with Crippen LogP contribution in [0.3, 0.4) is 0 Å². The molecule has 22 heavy (non-hydrogen) atoms. The SMILES string of the molecule is C=CC(=O)N1CC[C@H](N(C)C(=O)Nc2cccc(F)c2C)C1. The number of carbonyl (C=O) groups excluding carboxylic acids is 2. The van der Waals surface area contributed by atoms with Crippen LogP contribution in [0.4, 0.5) is 14.9 Å². The van der Waals surface area contributed by atoms with Crippen molar-refractivity contribution < 1.29 is 14.0 Å². The highest BCUT2D eigenvalue weighted by Crippen LogP contribution is 2.20. The van der Waals surface area contributed by atoms with E-state index in [1.165, 1.54) is 12.1 Å². The Hall–Kier alpha value is -2.37. The number of halogens is 1. The summed E-state index contributed by atoms with van der Waals surface area (Å²) in [6.45, 7) is 6.17. The molecule has 5 nitrogen and oxygen atoms in total. The van der Waals surface area contributed by atoms with E-state index in [0.29, 0.717) is 30.8 Å². The van der Waals surface area contributed by atoms with Crippen molar-refractivity contribution in [2.24, 2.45) is 0 Å². The average Bonchev–Trinajstić information content (AvgIpc) is 3.00. The third kappa shape index (κ3) is 3.27. The molecule has 3 amide bonds. The van der Waals surface area contributed by atoms with Crippen LogP contribution in [0.1, 0.15) is 12.0 Å². The lowest BCUT2D eigenvalue weighted by molar-refractivity contribution is -0.125. The lowest BCUT2D eigenvalue weighted by atomic mass is 10.2. The largest absolute Gasteiger partial charge is 0.337 e. The zero-order valence-corrected chi connectivity index (χ0v) is 12.8. The van der Waals surface area contributed by atoms with Crippen molar-refractivity contribution in [2.45, 2.75) is 19.4 Å². The first-order valence-electron chi connectivity index (χ1n) is 7.14. The van der Waals surface area contributed by atoms with Crippen molar-refractivity contribution in [3.05, 3.63) is 42.2 Å². The number of hydrogen-bond acceptors (Lipinski definition) is 2. The van der Waals surface area contributed by atoms with Crippen molar-refractivity contribution in [1.82, 2.24) is 9.80 Å². The number of likely N-dealkylation sites (N-methyl/N-ethyl adjacent to an activating group) is 1. The quantitative estimate of drug-likeness (QED) is 0.872. The van der Waals surface area contributed by atoms with Crippen LogP contribution in [0.15, 0.2) is 30.9 Å². The maximum atomic E-state index is 13.5. The maximum Gasteiger partial charge on any atom is 0.321 e. The van der Waals surface area contributed by atoms with Gasteiger partial charge in [-0.2, -0.15) is 0 Å². The molecule has 0 saturated carbocycles. The molecule has 1 aliphatic heterocycles. The molecule has 0 unspecified atom stereocenters. The van der Waals surface area contributed by atoms with Crippen LogP contribution in [0.25, 0.3) is 0 Å². The monoisotopic (exact) mass is 305 g/mol. The number of likely N-dealkylation sites (tertiary alicyclic amines) is 1. The number of nitrogens with zero attached hydrogens (tertiary/aromatic N) is 2. The molecule has 6 heteroatoms. The Bertz CT molecular complexity index is 603. The van der Waals surface area contributed by atoms with Crippen LogP contribution in [0.2, 0.25) is 0 Å². The molecule has 0 radical (unpaired) electrons. The zero-order valence-electron chi connectivity index (χ0n) is 12.8. The number of hydrogen-bond donors (Lipinski definition) is 1. The van der Waals surface area contributed by atoms with Gasteiger partial charge in [0.05, 0.1) is 6.04 Å². The van der Waals surface area contributed by atoms with Crippen LogP contribution in [-0.4, -0.2) is 47.9 Å². The summed E-state index contributed by atoms with van der Waals surface area (Å²) in [6.07, 6.45) is 1.99. The summed E-state index contributed by atoms with van der Waals surface area (Å²) in [4.78, 5) is 27.1. The lowest BCUT2D eigenvalue weighted by Gasteiger charge is -2.25. The zero-order chi connectivity index (χ0) is 16.3. The highest BCUT2D eigenvalue weighted by molar-refractivity contribution is 5.90. The van der Waals surface area contributed by atoms with Gasteiger partial charge in [0.1, 0.15) is 5.82 Å². The summed E-state index contributed by atoms with van der Waals surface area (Å²) in [6, 6.07) is 4.19. The molecule has 0 spiro atoms. The van der Waals surface area contributed by atoms with E-state index in [9.17, 15) is 14.0 Å². The van der Waals surface area contributed by atoms with Crippen LogP contribution >= 0.6 is 0 Å². The predicted molar refractivity (Wildman–Crippen MR) is 83.1 cm³/mol. The summed E-state index contributed by atoms with van der Waals surface area (Å²) < 4.78 is 13.5. The molecular formula is C16H20FN3O2. The van der Waals surface area contributed by atoms with Gasteiger partial charge >= 0.3 is 6.03 Å². The number of anilines is 1. The van der Waals surface area contributed by atoms with Crippen molar-refractivity contribution >= 4 is 17.6 Å². The van der Waals surface area contributed by atoms with Gasteiger partial charge in [0.15, 0.2) is 0 Å². The minimum atomic E-state index is -0.357. The first kappa shape index (κ1) is 16.0. The molecule has 0 aromatic heterocycles. The standard InChI is InChI=1S/C16H20FN3O2/c1-4-15(21)20-9-8-12(10-20)19(3)16(22)18-14-7-5-6-13(17)11(14)2/h4-7,12H,1,8-10H2,2-3H3,(H,18,22)/t12-/m0/s1. The van der Waals surface area contributed by atoms with Crippen molar-refractivity contribution in [1.29, 1.82) is 0 Å². The van der Waals surface area contributed by atoms with E-state index in [4.69, 9.17) is 0 Å². The molecule has 2 rings (SSSR count). The van der Waals surface area contributed by atoms with Gasteiger partial charge in [0, 0.05) is 31.4 Å². The molecule has 118 valence electrons. The Morgan fingerprint density at radius 3 is 2.91 bits per heavy atom. The Balaban J connectivity index is 2.00. The molecule has 1 aliphatic rings. The molecular weight excluding hydrogens is 285 g/mol. The molecule has 1 heterocycles. The fourth-order valence-electron chi connectivity index (χ4n) is 2.50. The van der Waals surface area contributed by atoms with Gasteiger partial charge in [-0.05, 0) is 31.6 Å². The fourth-order valence-corrected chi connectivity index (χ4v) is 2.50. The summed E-state index contributed by atoms with van der Waals surface area (Å²) >= 11 is 0. The highest BCUT2D eigenvalue weighted by atomic mass is 19.1. The third-order valence-corrected chi connectivity index (χ3v) is 4.03. The first-order valence-corrected chi connectivity index (χ1v) is 7.14. The number of nitrogens with one attached hydrogen (secondary N) is 1. The van der Waals surface area contributed by atoms with Gasteiger partial charge in [-0.25, -0.2) is 9.18 Å². The van der Waals surface area contributed by atoms with Gasteiger partial charge < -0.3 is 15.1 Å². The second-order valence-corrected chi connectivity index (χ2v) is 5.38. The van der Waals surface area contributed by atoms with Crippen molar-refractivity contribution in [3.63, 3.8) is 0 Å². The van der Waals surface area contributed by atoms with Crippen molar-refractivity contribution in [3.8, 4) is 0 Å². The summed E-state index contributed by atoms with van der Waals surface area (Å²) in [5, 5.41) is 2.71. The summed E-state index contributed by atoms with van der Waals surface area (Å²) in [5.74, 6) is -0.485. The number of benzene rings is 1. The maximum absolute atomic E-state index is 13.5. The second-order valence-electron chi connectivity index (χ2n) is 5.38. The van der Waals surface area contributed by atoms with Gasteiger partial charge in [-0.15, -0.1) is 0 Å². The van der Waals surface area contributed by atoms with E-state index in [2.05, 4.69) is 11.9 Å². The van der Waals surface area contributed by atoms with Gasteiger partial charge in [-0.1, -0.05) is 12.6 Å². The van der Waals surface area contributed by atoms with E-state index in [1.807, 2.05) is 0 Å². The molecule has 1 N–H and O–H groups in total. The van der Waals surface area contributed by atoms with Crippen LogP contribution < -0.4 is 5.32 Å². The lowest BCUT2D eigenvalue weighted by Crippen LogP contribution is -2.42. The summed E-state index contributed by atoms with van der Waals surface area (Å²) in [5.41, 5.74) is 0.855. The number of carbonyl (C=O) groups is 2. The number of urea groups is 1. The molecule has 0 aliphatic carbocycles. The third-order valence-electron chi connectivity index (χ3n) is 4.03.